The number of halogens is 1. The van der Waals surface area contributed by atoms with Gasteiger partial charge < -0.3 is 48.5 Å². The molecule has 9 heterocycles. The quantitative estimate of drug-likeness (QED) is 0.0768. The number of pyridine rings is 1. The lowest BCUT2D eigenvalue weighted by Crippen LogP contribution is -2.60. The van der Waals surface area contributed by atoms with Crippen molar-refractivity contribution < 1.29 is 50.9 Å². The first-order valence-corrected chi connectivity index (χ1v) is 31.5. The zero-order valence-electron chi connectivity index (χ0n) is 48.1. The van der Waals surface area contributed by atoms with Gasteiger partial charge in [0.2, 0.25) is 5.88 Å². The van der Waals surface area contributed by atoms with E-state index in [9.17, 15) is 23.3 Å². The van der Waals surface area contributed by atoms with Gasteiger partial charge in [-0.2, -0.15) is 4.98 Å². The first kappa shape index (κ1) is 55.8. The largest absolute Gasteiger partial charge is 0.491 e. The first-order valence-electron chi connectivity index (χ1n) is 30.1. The van der Waals surface area contributed by atoms with Crippen LogP contribution in [0.4, 0.5) is 32.8 Å². The van der Waals surface area contributed by atoms with Crippen molar-refractivity contribution in [1.29, 1.82) is 0 Å². The Morgan fingerprint density at radius 1 is 0.894 bits per heavy atom. The molecule has 0 radical (unpaired) electrons. The fourth-order valence-electron chi connectivity index (χ4n) is 14.9. The van der Waals surface area contributed by atoms with E-state index >= 15 is 4.39 Å². The molecule has 85 heavy (non-hydrogen) atoms. The topological polar surface area (TPSA) is 215 Å². The van der Waals surface area contributed by atoms with E-state index in [2.05, 4.69) is 72.7 Å². The lowest BCUT2D eigenvalue weighted by atomic mass is 9.59. The summed E-state index contributed by atoms with van der Waals surface area (Å²) in [4.78, 5) is 44.2. The number of rotatable bonds is 12. The van der Waals surface area contributed by atoms with E-state index in [1.807, 2.05) is 37.3 Å². The fraction of sp³-hybridized carbons (Fsp3) is 0.492. The van der Waals surface area contributed by atoms with E-state index in [0.29, 0.717) is 67.4 Å². The summed E-state index contributed by atoms with van der Waals surface area (Å²) in [5.41, 5.74) is 6.17. The van der Waals surface area contributed by atoms with Gasteiger partial charge in [-0.1, -0.05) is 24.3 Å². The van der Waals surface area contributed by atoms with Crippen molar-refractivity contribution in [3.63, 3.8) is 0 Å². The van der Waals surface area contributed by atoms with Crippen LogP contribution in [0.1, 0.15) is 103 Å². The molecule has 7 aliphatic heterocycles. The van der Waals surface area contributed by atoms with Crippen molar-refractivity contribution in [2.24, 2.45) is 11.3 Å². The third-order valence-electron chi connectivity index (χ3n) is 19.2. The monoisotopic (exact) mass is 1180 g/mol. The van der Waals surface area contributed by atoms with Crippen LogP contribution in [-0.4, -0.2) is 142 Å². The standard InChI is InChI=1S/C63H72FN9O11S/c1-37(2)83-56-7-5-4-6-44(56)54-32-70(55-35-81-33-47-46(55)24-38(3)25-48(47)64)19-20-71(54)42-30-63(31-42)14-17-69(18-15-63)41-8-9-45(51(27-41)72-50-13-23-80-36-58(50)84-62-53(72)26-40-10-16-65-60(40)67-62)61(74)68-85(77,78)43-28-52(73(75)76)59-57(29-43)82-34-49(66-59)39-11-21-79-22-12-39/h4-10,16,24-29,37,39,42,49-50,54-55,58,66H,11-15,17-23,30-36H2,1-3H3,(H,65,67)(H,68,74)/t49-,50-,54-,55-,58-/m0/s1. The molecule has 0 unspecified atom stereocenters. The molecular weight excluding hydrogens is 1110 g/mol. The lowest BCUT2D eigenvalue weighted by molar-refractivity contribution is -0.384. The first-order chi connectivity index (χ1) is 41.2. The minimum absolute atomic E-state index is 0.00351. The van der Waals surface area contributed by atoms with Gasteiger partial charge in [0.05, 0.1) is 71.2 Å². The number of H-pyrrole nitrogens is 1. The van der Waals surface area contributed by atoms with Crippen molar-refractivity contribution in [3.8, 4) is 17.4 Å². The van der Waals surface area contributed by atoms with E-state index in [1.54, 1.807) is 18.3 Å². The minimum Gasteiger partial charge on any atom is -0.491 e. The Labute approximate surface area is 493 Å². The highest BCUT2D eigenvalue weighted by atomic mass is 32.2. The number of para-hydroxylation sites is 1. The van der Waals surface area contributed by atoms with Gasteiger partial charge in [-0.05, 0) is 131 Å². The van der Waals surface area contributed by atoms with Crippen LogP contribution >= 0.6 is 0 Å². The van der Waals surface area contributed by atoms with E-state index in [-0.39, 0.29) is 84.2 Å². The van der Waals surface area contributed by atoms with Crippen LogP contribution in [0.2, 0.25) is 0 Å². The number of piperazine rings is 1. The van der Waals surface area contributed by atoms with Crippen LogP contribution in [0.15, 0.2) is 90.0 Å². The van der Waals surface area contributed by atoms with Crippen molar-refractivity contribution in [2.45, 2.75) is 120 Å². The number of aryl methyl sites for hydroxylation is 1. The molecule has 2 aromatic heterocycles. The molecular formula is C63H72FN9O11S. The highest BCUT2D eigenvalue weighted by Gasteiger charge is 2.51. The maximum absolute atomic E-state index is 15.4. The number of carbonyl (C=O) groups excluding carboxylic acids is 1. The number of sulfonamides is 1. The highest BCUT2D eigenvalue weighted by Crippen LogP contribution is 2.55. The summed E-state index contributed by atoms with van der Waals surface area (Å²) in [6.45, 7) is 12.8. The van der Waals surface area contributed by atoms with Gasteiger partial charge in [-0.3, -0.25) is 24.7 Å². The fourth-order valence-corrected chi connectivity index (χ4v) is 15.9. The molecule has 4 aromatic carbocycles. The summed E-state index contributed by atoms with van der Waals surface area (Å²) in [6, 6.07) is 23.6. The van der Waals surface area contributed by atoms with Crippen molar-refractivity contribution in [2.75, 3.05) is 87.5 Å². The number of hydrogen-bond donors (Lipinski definition) is 3. The zero-order chi connectivity index (χ0) is 58.3. The number of aromatic amines is 1. The number of anilines is 4. The predicted octanol–water partition coefficient (Wildman–Crippen LogP) is 9.49. The van der Waals surface area contributed by atoms with Crippen molar-refractivity contribution >= 4 is 55.4 Å². The van der Waals surface area contributed by atoms with E-state index < -0.39 is 37.5 Å². The van der Waals surface area contributed by atoms with E-state index in [1.165, 1.54) is 6.07 Å². The molecule has 5 atom stereocenters. The Bertz CT molecular complexity index is 3680. The van der Waals surface area contributed by atoms with Gasteiger partial charge in [0.1, 0.15) is 35.6 Å². The van der Waals surface area contributed by atoms with Crippen LogP contribution in [0, 0.1) is 34.2 Å². The third kappa shape index (κ3) is 10.5. The summed E-state index contributed by atoms with van der Waals surface area (Å²) in [5, 5.41) is 16.7. The summed E-state index contributed by atoms with van der Waals surface area (Å²) in [6.07, 6.45) is 7.41. The third-order valence-corrected chi connectivity index (χ3v) is 20.6. The molecule has 3 N–H and O–H groups in total. The molecule has 5 fully saturated rings. The van der Waals surface area contributed by atoms with Crippen LogP contribution in [-0.2, 0) is 30.8 Å². The Kier molecular flexibility index (Phi) is 14.6. The SMILES string of the molecule is Cc1cc(F)c2c(c1)[C@@H](N1CCN(C3CC4(CCN(c5ccc(C(=O)NS(=O)(=O)c6cc7c(c([N+](=O)[O-])c6)N[C@H](C6CCOCC6)CO7)c(N6c7cc8cc[nH]c8nc7O[C@H]7COCC[C@@H]76)c5)CC4)C3)[C@H](c3ccccc3OC(C)C)C1)COC2. The number of hydrogen-bond acceptors (Lipinski definition) is 17. The maximum Gasteiger partial charge on any atom is 0.297 e. The highest BCUT2D eigenvalue weighted by molar-refractivity contribution is 7.90. The molecule has 8 aliphatic rings. The molecule has 14 rings (SSSR count). The maximum atomic E-state index is 15.4. The zero-order valence-corrected chi connectivity index (χ0v) is 48.9. The van der Waals surface area contributed by atoms with Crippen molar-refractivity contribution in [1.82, 2.24) is 24.5 Å². The Morgan fingerprint density at radius 2 is 1.71 bits per heavy atom. The number of nitrogens with one attached hydrogen (secondary N) is 3. The molecule has 4 saturated heterocycles. The summed E-state index contributed by atoms with van der Waals surface area (Å²) in [7, 11) is -4.73. The summed E-state index contributed by atoms with van der Waals surface area (Å²) in [5.74, 6) is 0.287. The molecule has 0 bridgehead atoms. The molecule has 1 spiro atoms. The smallest absolute Gasteiger partial charge is 0.297 e. The van der Waals surface area contributed by atoms with Gasteiger partial charge >= 0.3 is 0 Å². The number of ether oxygens (including phenoxy) is 6. The minimum atomic E-state index is -4.73. The summed E-state index contributed by atoms with van der Waals surface area (Å²) < 4.78 is 83.4. The number of nitro benzene ring substituents is 1. The predicted molar refractivity (Wildman–Crippen MR) is 316 cm³/mol. The second-order valence-corrected chi connectivity index (χ2v) is 26.4. The van der Waals surface area contributed by atoms with Crippen LogP contribution in [0.25, 0.3) is 11.0 Å². The van der Waals surface area contributed by atoms with Gasteiger partial charge in [0.15, 0.2) is 11.4 Å². The Balaban J connectivity index is 0.740. The number of aromatic nitrogens is 2. The molecule has 1 amide bonds. The van der Waals surface area contributed by atoms with E-state index in [0.717, 1.165) is 111 Å². The van der Waals surface area contributed by atoms with Crippen LogP contribution < -0.4 is 34.0 Å². The second-order valence-electron chi connectivity index (χ2n) is 24.8. The van der Waals surface area contributed by atoms with Gasteiger partial charge in [-0.25, -0.2) is 17.5 Å². The molecule has 448 valence electrons. The van der Waals surface area contributed by atoms with Crippen LogP contribution in [0.3, 0.4) is 0 Å². The van der Waals surface area contributed by atoms with Gasteiger partial charge in [0, 0.05) is 99.1 Å². The van der Waals surface area contributed by atoms with E-state index in [4.69, 9.17) is 33.4 Å². The second kappa shape index (κ2) is 22.3. The van der Waals surface area contributed by atoms with Crippen molar-refractivity contribution in [3.05, 3.63) is 129 Å². The lowest BCUT2D eigenvalue weighted by Gasteiger charge is -2.58. The average molecular weight is 1180 g/mol. The molecule has 1 saturated carbocycles. The number of nitro groups is 1. The molecule has 22 heteroatoms. The normalized spacial score (nSPS) is 24.5. The summed E-state index contributed by atoms with van der Waals surface area (Å²) >= 11 is 0. The van der Waals surface area contributed by atoms with Gasteiger partial charge in [-0.15, -0.1) is 0 Å². The number of amides is 1. The number of fused-ring (bicyclic) bond motifs is 5. The number of nitrogens with zero attached hydrogens (tertiary/aromatic N) is 6. The Hall–Kier alpha value is -7.08. The van der Waals surface area contributed by atoms with Crippen LogP contribution in [0.5, 0.6) is 17.4 Å². The number of benzene rings is 4. The Morgan fingerprint density at radius 3 is 2.52 bits per heavy atom. The average Bonchev–Trinajstić information content (AvgIpc) is 2.79. The molecule has 6 aromatic rings. The number of carbonyl (C=O) groups is 1. The molecule has 20 nitrogen and oxygen atoms in total. The number of piperidine rings is 1. The van der Waals surface area contributed by atoms with Gasteiger partial charge in [0.25, 0.3) is 21.6 Å². The molecule has 1 aliphatic carbocycles.